The number of phenolic OH excluding ortho intramolecular Hbond substituents is 1. The molecule has 0 aliphatic heterocycles. The van der Waals surface area contributed by atoms with E-state index in [-0.39, 0.29) is 24.2 Å². The van der Waals surface area contributed by atoms with Crippen LogP contribution in [-0.4, -0.2) is 11.7 Å². The van der Waals surface area contributed by atoms with Crippen molar-refractivity contribution >= 4 is 24.0 Å². The normalized spacial score (nSPS) is 11.9. The predicted molar refractivity (Wildman–Crippen MR) is 61.0 cm³/mol. The van der Waals surface area contributed by atoms with Crippen molar-refractivity contribution in [2.24, 2.45) is 11.5 Å². The van der Waals surface area contributed by atoms with Crippen LogP contribution in [0.1, 0.15) is 18.0 Å². The Morgan fingerprint density at radius 2 is 2.07 bits per heavy atom. The van der Waals surface area contributed by atoms with E-state index < -0.39 is 0 Å². The average molecular weight is 237 g/mol. The molecule has 0 spiro atoms. The summed E-state index contributed by atoms with van der Waals surface area (Å²) in [6.45, 7) is 0.541. The zero-order valence-electron chi connectivity index (χ0n) is 7.61. The Bertz CT molecular complexity index is 294. The van der Waals surface area contributed by atoms with Gasteiger partial charge in [0.25, 0.3) is 0 Å². The molecule has 0 bridgehead atoms. The van der Waals surface area contributed by atoms with Gasteiger partial charge in [-0.1, -0.05) is 17.7 Å². The molecule has 1 aromatic rings. The quantitative estimate of drug-likeness (QED) is 0.750. The number of hydrogen-bond donors (Lipinski definition) is 3. The van der Waals surface area contributed by atoms with E-state index in [1.165, 1.54) is 6.07 Å². The fourth-order valence-electron chi connectivity index (χ4n) is 1.10. The third-order valence-electron chi connectivity index (χ3n) is 1.88. The van der Waals surface area contributed by atoms with Crippen LogP contribution in [0.25, 0.3) is 0 Å². The number of benzene rings is 1. The lowest BCUT2D eigenvalue weighted by Gasteiger charge is -2.10. The van der Waals surface area contributed by atoms with Crippen molar-refractivity contribution in [3.63, 3.8) is 0 Å². The van der Waals surface area contributed by atoms with E-state index in [2.05, 4.69) is 0 Å². The molecular formula is C9H14Cl2N2O. The number of phenols is 1. The Hall–Kier alpha value is -0.480. The molecule has 0 radical (unpaired) electrons. The second-order valence-corrected chi connectivity index (χ2v) is 3.30. The number of hydrogen-bond acceptors (Lipinski definition) is 3. The molecule has 0 heterocycles. The van der Waals surface area contributed by atoms with Crippen molar-refractivity contribution in [3.8, 4) is 5.75 Å². The monoisotopic (exact) mass is 236 g/mol. The Kier molecular flexibility index (Phi) is 5.88. The number of rotatable bonds is 3. The lowest BCUT2D eigenvalue weighted by atomic mass is 10.0. The van der Waals surface area contributed by atoms with Crippen molar-refractivity contribution in [1.82, 2.24) is 0 Å². The Balaban J connectivity index is 0.00000169. The smallest absolute Gasteiger partial charge is 0.134 e. The summed E-state index contributed by atoms with van der Waals surface area (Å²) in [6.07, 6.45) is 0.709. The Labute approximate surface area is 94.5 Å². The van der Waals surface area contributed by atoms with Crippen LogP contribution >= 0.6 is 24.0 Å². The molecule has 14 heavy (non-hydrogen) atoms. The van der Waals surface area contributed by atoms with Gasteiger partial charge in [0.2, 0.25) is 0 Å². The fraction of sp³-hybridized carbons (Fsp3) is 0.333. The summed E-state index contributed by atoms with van der Waals surface area (Å²) in [5.74, 6) is 0.0744. The van der Waals surface area contributed by atoms with Crippen LogP contribution < -0.4 is 11.5 Å². The van der Waals surface area contributed by atoms with Crippen LogP contribution in [0.2, 0.25) is 5.02 Å². The third-order valence-corrected chi connectivity index (χ3v) is 2.18. The van der Waals surface area contributed by atoms with Crippen LogP contribution in [-0.2, 0) is 0 Å². The Morgan fingerprint density at radius 3 is 2.57 bits per heavy atom. The first-order valence-corrected chi connectivity index (χ1v) is 4.47. The predicted octanol–water partition coefficient (Wildman–Crippen LogP) is 1.82. The van der Waals surface area contributed by atoms with E-state index >= 15 is 0 Å². The standard InChI is InChI=1S/C9H13ClN2O.ClH/c10-7-5-6(1-2-9(7)13)8(12)3-4-11;/h1-2,5,8,13H,3-4,11-12H2;1H/t8-;/m1./s1. The van der Waals surface area contributed by atoms with Gasteiger partial charge in [0.05, 0.1) is 5.02 Å². The molecule has 5 N–H and O–H groups in total. The minimum Gasteiger partial charge on any atom is -0.506 e. The lowest BCUT2D eigenvalue weighted by molar-refractivity contribution is 0.475. The Morgan fingerprint density at radius 1 is 1.43 bits per heavy atom. The average Bonchev–Trinajstić information content (AvgIpc) is 2.10. The molecule has 1 aromatic carbocycles. The highest BCUT2D eigenvalue weighted by molar-refractivity contribution is 6.32. The summed E-state index contributed by atoms with van der Waals surface area (Å²) in [6, 6.07) is 4.84. The first-order valence-electron chi connectivity index (χ1n) is 4.09. The second kappa shape index (κ2) is 6.09. The van der Waals surface area contributed by atoms with Gasteiger partial charge in [-0.2, -0.15) is 0 Å². The van der Waals surface area contributed by atoms with Gasteiger partial charge in [0, 0.05) is 6.04 Å². The highest BCUT2D eigenvalue weighted by atomic mass is 35.5. The van der Waals surface area contributed by atoms with Gasteiger partial charge in [0.15, 0.2) is 0 Å². The maximum atomic E-state index is 9.16. The SMILES string of the molecule is Cl.NCC[C@@H](N)c1ccc(O)c(Cl)c1. The molecule has 0 unspecified atom stereocenters. The van der Waals surface area contributed by atoms with Crippen molar-refractivity contribution < 1.29 is 5.11 Å². The molecule has 0 aliphatic rings. The van der Waals surface area contributed by atoms with E-state index in [0.717, 1.165) is 5.56 Å². The summed E-state index contributed by atoms with van der Waals surface area (Å²) < 4.78 is 0. The van der Waals surface area contributed by atoms with E-state index in [1.807, 2.05) is 0 Å². The zero-order valence-corrected chi connectivity index (χ0v) is 9.18. The van der Waals surface area contributed by atoms with Crippen LogP contribution in [0.4, 0.5) is 0 Å². The second-order valence-electron chi connectivity index (χ2n) is 2.89. The molecule has 0 aliphatic carbocycles. The highest BCUT2D eigenvalue weighted by Gasteiger charge is 2.06. The first kappa shape index (κ1) is 13.5. The van der Waals surface area contributed by atoms with Crippen molar-refractivity contribution in [2.45, 2.75) is 12.5 Å². The molecule has 0 fully saturated rings. The van der Waals surface area contributed by atoms with Gasteiger partial charge in [0.1, 0.15) is 5.75 Å². The minimum absolute atomic E-state index is 0. The van der Waals surface area contributed by atoms with Gasteiger partial charge < -0.3 is 16.6 Å². The largest absolute Gasteiger partial charge is 0.506 e. The fourth-order valence-corrected chi connectivity index (χ4v) is 1.29. The molecule has 1 rings (SSSR count). The molecule has 3 nitrogen and oxygen atoms in total. The summed E-state index contributed by atoms with van der Waals surface area (Å²) >= 11 is 5.72. The topological polar surface area (TPSA) is 72.3 Å². The highest BCUT2D eigenvalue weighted by Crippen LogP contribution is 2.26. The minimum atomic E-state index is -0.108. The molecule has 0 saturated heterocycles. The molecular weight excluding hydrogens is 223 g/mol. The van der Waals surface area contributed by atoms with Gasteiger partial charge in [-0.25, -0.2) is 0 Å². The van der Waals surface area contributed by atoms with Gasteiger partial charge in [-0.15, -0.1) is 12.4 Å². The summed E-state index contributed by atoms with van der Waals surface area (Å²) in [7, 11) is 0. The molecule has 5 heteroatoms. The molecule has 0 amide bonds. The van der Waals surface area contributed by atoms with Crippen molar-refractivity contribution in [2.75, 3.05) is 6.54 Å². The number of aromatic hydroxyl groups is 1. The molecule has 0 aromatic heterocycles. The van der Waals surface area contributed by atoms with Gasteiger partial charge in [-0.3, -0.25) is 0 Å². The lowest BCUT2D eigenvalue weighted by Crippen LogP contribution is -2.15. The van der Waals surface area contributed by atoms with Crippen LogP contribution in [0.3, 0.4) is 0 Å². The van der Waals surface area contributed by atoms with Crippen LogP contribution in [0.5, 0.6) is 5.75 Å². The van der Waals surface area contributed by atoms with Crippen molar-refractivity contribution in [1.29, 1.82) is 0 Å². The van der Waals surface area contributed by atoms with Gasteiger partial charge >= 0.3 is 0 Å². The van der Waals surface area contributed by atoms with E-state index in [1.54, 1.807) is 12.1 Å². The third kappa shape index (κ3) is 3.35. The number of halogens is 2. The first-order chi connectivity index (χ1) is 6.15. The summed E-state index contributed by atoms with van der Waals surface area (Å²) in [5.41, 5.74) is 12.1. The summed E-state index contributed by atoms with van der Waals surface area (Å²) in [4.78, 5) is 0. The maximum absolute atomic E-state index is 9.16. The van der Waals surface area contributed by atoms with E-state index in [4.69, 9.17) is 28.2 Å². The van der Waals surface area contributed by atoms with Gasteiger partial charge in [-0.05, 0) is 30.7 Å². The van der Waals surface area contributed by atoms with Crippen molar-refractivity contribution in [3.05, 3.63) is 28.8 Å². The van der Waals surface area contributed by atoms with Crippen LogP contribution in [0, 0.1) is 0 Å². The molecule has 1 atom stereocenters. The maximum Gasteiger partial charge on any atom is 0.134 e. The van der Waals surface area contributed by atoms with Crippen LogP contribution in [0.15, 0.2) is 18.2 Å². The number of nitrogens with two attached hydrogens (primary N) is 2. The summed E-state index contributed by atoms with van der Waals surface area (Å²) in [5, 5.41) is 9.48. The van der Waals surface area contributed by atoms with E-state index in [9.17, 15) is 0 Å². The zero-order chi connectivity index (χ0) is 9.84. The molecule has 80 valence electrons. The molecule has 0 saturated carbocycles. The van der Waals surface area contributed by atoms with E-state index in [0.29, 0.717) is 18.0 Å².